The Morgan fingerprint density at radius 3 is 2.62 bits per heavy atom. The summed E-state index contributed by atoms with van der Waals surface area (Å²) in [6.45, 7) is 0. The molecule has 0 aliphatic carbocycles. The molecule has 0 fully saturated rings. The van der Waals surface area contributed by atoms with E-state index >= 15 is 0 Å². The first-order valence-corrected chi connectivity index (χ1v) is 3.67. The molecule has 0 unspecified atom stereocenters. The van der Waals surface area contributed by atoms with Gasteiger partial charge in [0.2, 0.25) is 0 Å². The molecule has 0 aromatic heterocycles. The van der Waals surface area contributed by atoms with Crippen LogP contribution in [0.4, 0.5) is 8.78 Å². The van der Waals surface area contributed by atoms with E-state index in [1.807, 2.05) is 0 Å². The molecule has 0 radical (unpaired) electrons. The fourth-order valence-corrected chi connectivity index (χ4v) is 0.974. The largest absolute Gasteiger partial charge is 0.465 e. The van der Waals surface area contributed by atoms with Crippen LogP contribution < -0.4 is 0 Å². The molecule has 0 heterocycles. The van der Waals surface area contributed by atoms with Gasteiger partial charge in [-0.05, 0) is 12.1 Å². The Kier molecular flexibility index (Phi) is 2.83. The highest BCUT2D eigenvalue weighted by Gasteiger charge is 2.19. The van der Waals surface area contributed by atoms with Gasteiger partial charge in [-0.25, -0.2) is 13.6 Å². The molecule has 0 bridgehead atoms. The zero-order valence-corrected chi connectivity index (χ0v) is 7.36. The predicted molar refractivity (Wildman–Crippen MR) is 42.7 cm³/mol. The van der Waals surface area contributed by atoms with Crippen LogP contribution in [0.15, 0.2) is 12.1 Å². The molecule has 0 aliphatic rings. The van der Waals surface area contributed by atoms with Crippen LogP contribution in [0, 0.1) is 11.6 Å². The van der Waals surface area contributed by atoms with Crippen LogP contribution >= 0.6 is 11.6 Å². The number of ether oxygens (including phenoxy) is 1. The minimum atomic E-state index is -1.10. The molecule has 0 atom stereocenters. The third kappa shape index (κ3) is 1.78. The van der Waals surface area contributed by atoms with E-state index in [1.165, 1.54) is 0 Å². The average molecular weight is 207 g/mol. The molecular formula is C8H5ClF2O2. The molecule has 0 aliphatic heterocycles. The molecule has 70 valence electrons. The summed E-state index contributed by atoms with van der Waals surface area (Å²) >= 11 is 5.34. The van der Waals surface area contributed by atoms with Crippen LogP contribution in [-0.2, 0) is 4.74 Å². The van der Waals surface area contributed by atoms with Crippen molar-refractivity contribution >= 4 is 17.6 Å². The maximum Gasteiger partial charge on any atom is 0.343 e. The monoisotopic (exact) mass is 206 g/mol. The lowest BCUT2D eigenvalue weighted by Crippen LogP contribution is -2.07. The fourth-order valence-electron chi connectivity index (χ4n) is 0.816. The first kappa shape index (κ1) is 9.92. The first-order chi connectivity index (χ1) is 6.07. The molecule has 0 saturated heterocycles. The van der Waals surface area contributed by atoms with E-state index in [0.717, 1.165) is 19.2 Å². The van der Waals surface area contributed by atoms with E-state index < -0.39 is 23.2 Å². The Labute approximate surface area is 78.1 Å². The van der Waals surface area contributed by atoms with Crippen molar-refractivity contribution in [3.05, 3.63) is 34.4 Å². The smallest absolute Gasteiger partial charge is 0.343 e. The molecule has 2 nitrogen and oxygen atoms in total. The lowest BCUT2D eigenvalue weighted by Gasteiger charge is -2.03. The molecule has 0 spiro atoms. The van der Waals surface area contributed by atoms with Gasteiger partial charge in [0, 0.05) is 0 Å². The maximum atomic E-state index is 13.0. The number of carbonyl (C=O) groups excluding carboxylic acids is 1. The van der Waals surface area contributed by atoms with Crippen LogP contribution in [0.25, 0.3) is 0 Å². The van der Waals surface area contributed by atoms with Gasteiger partial charge in [-0.15, -0.1) is 0 Å². The number of carbonyl (C=O) groups is 1. The SMILES string of the molecule is COC(=O)c1c(F)ccc(Cl)c1F. The first-order valence-electron chi connectivity index (χ1n) is 3.29. The van der Waals surface area contributed by atoms with Gasteiger partial charge in [-0.3, -0.25) is 0 Å². The minimum absolute atomic E-state index is 0.318. The molecule has 0 N–H and O–H groups in total. The normalized spacial score (nSPS) is 9.85. The van der Waals surface area contributed by atoms with Crippen molar-refractivity contribution in [2.75, 3.05) is 7.11 Å². The molecule has 5 heteroatoms. The highest BCUT2D eigenvalue weighted by atomic mass is 35.5. The molecule has 0 saturated carbocycles. The van der Waals surface area contributed by atoms with Crippen LogP contribution in [-0.4, -0.2) is 13.1 Å². The van der Waals surface area contributed by atoms with E-state index in [0.29, 0.717) is 0 Å². The zero-order valence-electron chi connectivity index (χ0n) is 6.61. The topological polar surface area (TPSA) is 26.3 Å². The van der Waals surface area contributed by atoms with Gasteiger partial charge < -0.3 is 4.74 Å². The second-order valence-electron chi connectivity index (χ2n) is 2.21. The summed E-state index contributed by atoms with van der Waals surface area (Å²) in [4.78, 5) is 10.8. The summed E-state index contributed by atoms with van der Waals surface area (Å²) in [5.74, 6) is -3.18. The quantitative estimate of drug-likeness (QED) is 0.521. The number of benzene rings is 1. The van der Waals surface area contributed by atoms with Crippen molar-refractivity contribution in [1.29, 1.82) is 0 Å². The summed E-state index contributed by atoms with van der Waals surface area (Å²) in [5, 5.41) is -0.318. The van der Waals surface area contributed by atoms with Gasteiger partial charge >= 0.3 is 5.97 Å². The number of methoxy groups -OCH3 is 1. The number of esters is 1. The van der Waals surface area contributed by atoms with Crippen molar-refractivity contribution < 1.29 is 18.3 Å². The summed E-state index contributed by atoms with van der Waals surface area (Å²) in [5.41, 5.74) is -0.769. The number of hydrogen-bond donors (Lipinski definition) is 0. The molecule has 13 heavy (non-hydrogen) atoms. The Morgan fingerprint density at radius 1 is 1.46 bits per heavy atom. The van der Waals surface area contributed by atoms with Crippen molar-refractivity contribution in [3.63, 3.8) is 0 Å². The molecule has 1 aromatic rings. The van der Waals surface area contributed by atoms with E-state index in [4.69, 9.17) is 11.6 Å². The highest BCUT2D eigenvalue weighted by Crippen LogP contribution is 2.21. The van der Waals surface area contributed by atoms with Crippen molar-refractivity contribution in [2.24, 2.45) is 0 Å². The summed E-state index contributed by atoms with van der Waals surface area (Å²) in [6.07, 6.45) is 0. The molecule has 1 rings (SSSR count). The van der Waals surface area contributed by atoms with Gasteiger partial charge in [0.1, 0.15) is 11.4 Å². The lowest BCUT2D eigenvalue weighted by atomic mass is 10.2. The minimum Gasteiger partial charge on any atom is -0.465 e. The zero-order chi connectivity index (χ0) is 10.0. The van der Waals surface area contributed by atoms with Gasteiger partial charge in [0.15, 0.2) is 5.82 Å². The van der Waals surface area contributed by atoms with Crippen LogP contribution in [0.1, 0.15) is 10.4 Å². The third-order valence-electron chi connectivity index (χ3n) is 1.43. The Hall–Kier alpha value is -1.16. The van der Waals surface area contributed by atoms with E-state index in [1.54, 1.807) is 0 Å². The second kappa shape index (κ2) is 3.70. The van der Waals surface area contributed by atoms with Crippen LogP contribution in [0.3, 0.4) is 0 Å². The number of halogens is 3. The third-order valence-corrected chi connectivity index (χ3v) is 1.73. The average Bonchev–Trinajstić information content (AvgIpc) is 2.12. The van der Waals surface area contributed by atoms with Gasteiger partial charge in [0.25, 0.3) is 0 Å². The van der Waals surface area contributed by atoms with Gasteiger partial charge in [0.05, 0.1) is 12.1 Å². The second-order valence-corrected chi connectivity index (χ2v) is 2.62. The van der Waals surface area contributed by atoms with Crippen molar-refractivity contribution in [2.45, 2.75) is 0 Å². The molecule has 1 aromatic carbocycles. The van der Waals surface area contributed by atoms with Crippen molar-refractivity contribution in [1.82, 2.24) is 0 Å². The van der Waals surface area contributed by atoms with E-state index in [-0.39, 0.29) is 5.02 Å². The standard InChI is InChI=1S/C8H5ClF2O2/c1-13-8(12)6-5(10)3-2-4(9)7(6)11/h2-3H,1H3. The highest BCUT2D eigenvalue weighted by molar-refractivity contribution is 6.31. The van der Waals surface area contributed by atoms with Crippen LogP contribution in [0.5, 0.6) is 0 Å². The van der Waals surface area contributed by atoms with Crippen molar-refractivity contribution in [3.8, 4) is 0 Å². The maximum absolute atomic E-state index is 13.0. The Bertz CT molecular complexity index is 352. The predicted octanol–water partition coefficient (Wildman–Crippen LogP) is 2.40. The summed E-state index contributed by atoms with van der Waals surface area (Å²) in [7, 11) is 1.03. The van der Waals surface area contributed by atoms with Gasteiger partial charge in [-0.2, -0.15) is 0 Å². The summed E-state index contributed by atoms with van der Waals surface area (Å²) in [6, 6.07) is 1.93. The Morgan fingerprint density at radius 2 is 2.08 bits per heavy atom. The fraction of sp³-hybridized carbons (Fsp3) is 0.125. The van der Waals surface area contributed by atoms with E-state index in [2.05, 4.69) is 4.74 Å². The summed E-state index contributed by atoms with van der Waals surface area (Å²) < 4.78 is 30.1. The molecular weight excluding hydrogens is 202 g/mol. The number of hydrogen-bond acceptors (Lipinski definition) is 2. The van der Waals surface area contributed by atoms with Crippen LogP contribution in [0.2, 0.25) is 5.02 Å². The number of rotatable bonds is 1. The van der Waals surface area contributed by atoms with E-state index in [9.17, 15) is 13.6 Å². The van der Waals surface area contributed by atoms with Gasteiger partial charge in [-0.1, -0.05) is 11.6 Å². The molecule has 0 amide bonds. The Balaban J connectivity index is 3.33. The lowest BCUT2D eigenvalue weighted by molar-refractivity contribution is 0.0590.